The highest BCUT2D eigenvalue weighted by Gasteiger charge is 2.24. The molecule has 2 aromatic rings. The Balaban J connectivity index is 1.55. The quantitative estimate of drug-likeness (QED) is 0.868. The Bertz CT molecular complexity index is 666. The second kappa shape index (κ2) is 7.68. The van der Waals surface area contributed by atoms with Gasteiger partial charge in [-0.3, -0.25) is 9.58 Å². The third-order valence-corrected chi connectivity index (χ3v) is 5.21. The molecule has 1 aliphatic heterocycles. The number of halogens is 1. The molecule has 0 saturated carbocycles. The van der Waals surface area contributed by atoms with Crippen molar-refractivity contribution < 1.29 is 0 Å². The highest BCUT2D eigenvalue weighted by atomic mass is 35.5. The standard InChI is InChI=1S/C19H27ClN4/c1-14(2)18-17(19(20)23(3)22-18)11-21-16-9-10-24(13-16)12-15-7-5-4-6-8-15/h4-8,14,16,21H,9-13H2,1-3H3/t16-/m0/s1. The number of likely N-dealkylation sites (tertiary alicyclic amines) is 1. The number of rotatable bonds is 6. The van der Waals surface area contributed by atoms with Gasteiger partial charge in [0.1, 0.15) is 5.15 Å². The Labute approximate surface area is 149 Å². The summed E-state index contributed by atoms with van der Waals surface area (Å²) in [4.78, 5) is 2.52. The van der Waals surface area contributed by atoms with Gasteiger partial charge >= 0.3 is 0 Å². The van der Waals surface area contributed by atoms with Gasteiger partial charge in [-0.1, -0.05) is 55.8 Å². The summed E-state index contributed by atoms with van der Waals surface area (Å²) in [6.07, 6.45) is 1.18. The Morgan fingerprint density at radius 1 is 1.29 bits per heavy atom. The van der Waals surface area contributed by atoms with Gasteiger partial charge in [-0.05, 0) is 17.9 Å². The fourth-order valence-corrected chi connectivity index (χ4v) is 3.63. The molecule has 3 rings (SSSR count). The van der Waals surface area contributed by atoms with Crippen molar-refractivity contribution in [3.63, 3.8) is 0 Å². The van der Waals surface area contributed by atoms with Crippen molar-refractivity contribution in [1.29, 1.82) is 0 Å². The van der Waals surface area contributed by atoms with Crippen molar-refractivity contribution in [2.24, 2.45) is 7.05 Å². The van der Waals surface area contributed by atoms with Crippen LogP contribution in [0.1, 0.15) is 43.0 Å². The SMILES string of the molecule is CC(C)c1nn(C)c(Cl)c1CN[C@H]1CCN(Cc2ccccc2)C1. The third kappa shape index (κ3) is 4.00. The monoisotopic (exact) mass is 346 g/mol. The minimum absolute atomic E-state index is 0.388. The highest BCUT2D eigenvalue weighted by molar-refractivity contribution is 6.30. The van der Waals surface area contributed by atoms with E-state index in [0.717, 1.165) is 42.6 Å². The maximum absolute atomic E-state index is 6.43. The van der Waals surface area contributed by atoms with Crippen molar-refractivity contribution in [3.8, 4) is 0 Å². The van der Waals surface area contributed by atoms with E-state index >= 15 is 0 Å². The van der Waals surface area contributed by atoms with Gasteiger partial charge in [-0.25, -0.2) is 0 Å². The van der Waals surface area contributed by atoms with Crippen LogP contribution in [0, 0.1) is 0 Å². The van der Waals surface area contributed by atoms with Gasteiger partial charge in [0.2, 0.25) is 0 Å². The zero-order valence-corrected chi connectivity index (χ0v) is 15.6. The summed E-state index contributed by atoms with van der Waals surface area (Å²) >= 11 is 6.43. The molecule has 2 heterocycles. The minimum Gasteiger partial charge on any atom is -0.308 e. The lowest BCUT2D eigenvalue weighted by molar-refractivity contribution is 0.320. The van der Waals surface area contributed by atoms with E-state index in [0.29, 0.717) is 12.0 Å². The lowest BCUT2D eigenvalue weighted by Gasteiger charge is -2.17. The van der Waals surface area contributed by atoms with Gasteiger partial charge in [-0.2, -0.15) is 5.10 Å². The summed E-state index contributed by atoms with van der Waals surface area (Å²) in [5.74, 6) is 0.388. The minimum atomic E-state index is 0.388. The van der Waals surface area contributed by atoms with E-state index in [1.807, 2.05) is 7.05 Å². The Hall–Kier alpha value is -1.36. The predicted molar refractivity (Wildman–Crippen MR) is 99.3 cm³/mol. The first-order valence-corrected chi connectivity index (χ1v) is 9.13. The van der Waals surface area contributed by atoms with Crippen LogP contribution in [0.3, 0.4) is 0 Å². The topological polar surface area (TPSA) is 33.1 Å². The lowest BCUT2D eigenvalue weighted by Crippen LogP contribution is -2.32. The second-order valence-corrected chi connectivity index (χ2v) is 7.38. The summed E-state index contributed by atoms with van der Waals surface area (Å²) in [6.45, 7) is 8.39. The van der Waals surface area contributed by atoms with E-state index in [-0.39, 0.29) is 0 Å². The molecule has 24 heavy (non-hydrogen) atoms. The third-order valence-electron chi connectivity index (χ3n) is 4.74. The van der Waals surface area contributed by atoms with Gasteiger partial charge in [0, 0.05) is 44.8 Å². The second-order valence-electron chi connectivity index (χ2n) is 7.02. The molecule has 1 saturated heterocycles. The fraction of sp³-hybridized carbons (Fsp3) is 0.526. The van der Waals surface area contributed by atoms with Crippen LogP contribution in [-0.4, -0.2) is 33.8 Å². The van der Waals surface area contributed by atoms with Crippen molar-refractivity contribution >= 4 is 11.6 Å². The molecule has 1 aliphatic rings. The van der Waals surface area contributed by atoms with E-state index in [1.54, 1.807) is 4.68 Å². The maximum Gasteiger partial charge on any atom is 0.131 e. The largest absolute Gasteiger partial charge is 0.308 e. The summed E-state index contributed by atoms with van der Waals surface area (Å²) in [6, 6.07) is 11.2. The molecule has 0 unspecified atom stereocenters. The van der Waals surface area contributed by atoms with Gasteiger partial charge in [0.15, 0.2) is 0 Å². The van der Waals surface area contributed by atoms with E-state index < -0.39 is 0 Å². The molecule has 1 aromatic carbocycles. The van der Waals surface area contributed by atoms with Crippen LogP contribution in [0.4, 0.5) is 0 Å². The molecule has 1 aromatic heterocycles. The molecule has 0 bridgehead atoms. The van der Waals surface area contributed by atoms with Crippen LogP contribution < -0.4 is 5.32 Å². The zero-order chi connectivity index (χ0) is 17.1. The number of hydrogen-bond acceptors (Lipinski definition) is 3. The molecule has 0 spiro atoms. The number of nitrogens with zero attached hydrogens (tertiary/aromatic N) is 3. The van der Waals surface area contributed by atoms with Gasteiger partial charge in [0.25, 0.3) is 0 Å². The van der Waals surface area contributed by atoms with Crippen molar-refractivity contribution in [2.75, 3.05) is 13.1 Å². The number of hydrogen-bond donors (Lipinski definition) is 1. The normalized spacial score (nSPS) is 18.6. The molecule has 0 aliphatic carbocycles. The van der Waals surface area contributed by atoms with Crippen LogP contribution in [0.15, 0.2) is 30.3 Å². The smallest absolute Gasteiger partial charge is 0.131 e. The average Bonchev–Trinajstić information content (AvgIpc) is 3.12. The van der Waals surface area contributed by atoms with Crippen molar-refractivity contribution in [3.05, 3.63) is 52.3 Å². The number of aryl methyl sites for hydroxylation is 1. The summed E-state index contributed by atoms with van der Waals surface area (Å²) in [5.41, 5.74) is 3.64. The van der Waals surface area contributed by atoms with Crippen LogP contribution in [-0.2, 0) is 20.1 Å². The molecule has 0 radical (unpaired) electrons. The van der Waals surface area contributed by atoms with Crippen molar-refractivity contribution in [2.45, 2.75) is 45.3 Å². The molecule has 5 heteroatoms. The molecule has 4 nitrogen and oxygen atoms in total. The van der Waals surface area contributed by atoms with Gasteiger partial charge in [-0.15, -0.1) is 0 Å². The van der Waals surface area contributed by atoms with Gasteiger partial charge in [0.05, 0.1) is 5.69 Å². The number of nitrogens with one attached hydrogen (secondary N) is 1. The van der Waals surface area contributed by atoms with E-state index in [4.69, 9.17) is 11.6 Å². The fourth-order valence-electron chi connectivity index (χ4n) is 3.43. The first-order chi connectivity index (χ1) is 11.5. The summed E-state index contributed by atoms with van der Waals surface area (Å²) in [5, 5.41) is 9.00. The van der Waals surface area contributed by atoms with E-state index in [1.165, 1.54) is 12.0 Å². The molecule has 1 atom stereocenters. The highest BCUT2D eigenvalue weighted by Crippen LogP contribution is 2.25. The summed E-state index contributed by atoms with van der Waals surface area (Å²) < 4.78 is 1.78. The zero-order valence-electron chi connectivity index (χ0n) is 14.8. The molecular weight excluding hydrogens is 320 g/mol. The predicted octanol–water partition coefficient (Wildman–Crippen LogP) is 3.56. The molecule has 1 fully saturated rings. The maximum atomic E-state index is 6.43. The average molecular weight is 347 g/mol. The van der Waals surface area contributed by atoms with E-state index in [2.05, 4.69) is 59.5 Å². The molecule has 130 valence electrons. The first kappa shape index (κ1) is 17.5. The molecule has 1 N–H and O–H groups in total. The Morgan fingerprint density at radius 3 is 2.75 bits per heavy atom. The van der Waals surface area contributed by atoms with Crippen molar-refractivity contribution in [1.82, 2.24) is 20.0 Å². The van der Waals surface area contributed by atoms with Gasteiger partial charge < -0.3 is 5.32 Å². The molecular formula is C19H27ClN4. The van der Waals surface area contributed by atoms with Crippen LogP contribution >= 0.6 is 11.6 Å². The summed E-state index contributed by atoms with van der Waals surface area (Å²) in [7, 11) is 1.91. The first-order valence-electron chi connectivity index (χ1n) is 8.75. The molecule has 0 amide bonds. The van der Waals surface area contributed by atoms with E-state index in [9.17, 15) is 0 Å². The number of aromatic nitrogens is 2. The van der Waals surface area contributed by atoms with Crippen LogP contribution in [0.5, 0.6) is 0 Å². The van der Waals surface area contributed by atoms with Crippen LogP contribution in [0.25, 0.3) is 0 Å². The lowest BCUT2D eigenvalue weighted by atomic mass is 10.1. The Kier molecular flexibility index (Phi) is 5.59. The number of benzene rings is 1. The van der Waals surface area contributed by atoms with Crippen LogP contribution in [0.2, 0.25) is 5.15 Å². The Morgan fingerprint density at radius 2 is 2.04 bits per heavy atom.